The van der Waals surface area contributed by atoms with E-state index >= 15 is 0 Å². The Hall–Kier alpha value is -1.81. The second-order valence-electron chi connectivity index (χ2n) is 4.32. The maximum Gasteiger partial charge on any atom is 0.137 e. The number of nitrogens with zero attached hydrogens (tertiary/aromatic N) is 1. The first-order chi connectivity index (χ1) is 9.20. The van der Waals surface area contributed by atoms with Crippen molar-refractivity contribution in [3.63, 3.8) is 0 Å². The van der Waals surface area contributed by atoms with Crippen molar-refractivity contribution in [3.8, 4) is 11.5 Å². The van der Waals surface area contributed by atoms with Gasteiger partial charge in [-0.05, 0) is 30.3 Å². The zero-order valence-corrected chi connectivity index (χ0v) is 10.7. The molecule has 1 aliphatic heterocycles. The fourth-order valence-corrected chi connectivity index (χ4v) is 2.13. The van der Waals surface area contributed by atoms with Gasteiger partial charge in [-0.3, -0.25) is 0 Å². The number of fused-ring (bicyclic) bond motifs is 1. The van der Waals surface area contributed by atoms with Gasteiger partial charge >= 0.3 is 0 Å². The second-order valence-corrected chi connectivity index (χ2v) is 4.71. The lowest BCUT2D eigenvalue weighted by Gasteiger charge is -2.12. The summed E-state index contributed by atoms with van der Waals surface area (Å²) in [7, 11) is 0. The van der Waals surface area contributed by atoms with Gasteiger partial charge in [0.05, 0.1) is 6.20 Å². The molecule has 1 aromatic heterocycles. The Balaban J connectivity index is 1.60. The van der Waals surface area contributed by atoms with Crippen molar-refractivity contribution in [2.24, 2.45) is 0 Å². The number of hydrogen-bond donors (Lipinski definition) is 0. The zero-order chi connectivity index (χ0) is 13.2. The second kappa shape index (κ2) is 5.05. The van der Waals surface area contributed by atoms with Crippen LogP contribution in [0, 0.1) is 5.82 Å². The third-order valence-electron chi connectivity index (χ3n) is 2.90. The van der Waals surface area contributed by atoms with Gasteiger partial charge in [0.25, 0.3) is 0 Å². The Morgan fingerprint density at radius 2 is 2.26 bits per heavy atom. The predicted octanol–water partition coefficient (Wildman–Crippen LogP) is 3.26. The Morgan fingerprint density at radius 3 is 3.05 bits per heavy atom. The molecular weight excluding hydrogens is 269 g/mol. The van der Waals surface area contributed by atoms with E-state index in [2.05, 4.69) is 4.98 Å². The summed E-state index contributed by atoms with van der Waals surface area (Å²) in [5, 5.41) is 0.423. The number of halogens is 2. The van der Waals surface area contributed by atoms with Gasteiger partial charge < -0.3 is 9.47 Å². The van der Waals surface area contributed by atoms with Gasteiger partial charge in [0, 0.05) is 12.0 Å². The normalized spacial score (nSPS) is 16.8. The van der Waals surface area contributed by atoms with Crippen LogP contribution in [0.2, 0.25) is 5.15 Å². The molecule has 0 N–H and O–H groups in total. The Kier molecular flexibility index (Phi) is 3.25. The minimum atomic E-state index is -0.245. The highest BCUT2D eigenvalue weighted by Crippen LogP contribution is 2.29. The van der Waals surface area contributed by atoms with E-state index in [4.69, 9.17) is 21.1 Å². The third-order valence-corrected chi connectivity index (χ3v) is 3.12. The van der Waals surface area contributed by atoms with E-state index in [0.29, 0.717) is 23.9 Å². The molecule has 0 spiro atoms. The molecule has 0 saturated carbocycles. The van der Waals surface area contributed by atoms with Gasteiger partial charge in [0.15, 0.2) is 0 Å². The SMILES string of the molecule is Fc1ccc2c(c1)CC(COc1ccc(Cl)nc1)O2. The summed E-state index contributed by atoms with van der Waals surface area (Å²) in [4.78, 5) is 3.93. The number of hydrogen-bond acceptors (Lipinski definition) is 3. The first-order valence-corrected chi connectivity index (χ1v) is 6.28. The molecule has 1 aliphatic rings. The lowest BCUT2D eigenvalue weighted by molar-refractivity contribution is 0.148. The average molecular weight is 280 g/mol. The van der Waals surface area contributed by atoms with Crippen LogP contribution in [-0.2, 0) is 6.42 Å². The van der Waals surface area contributed by atoms with E-state index in [0.717, 1.165) is 11.3 Å². The van der Waals surface area contributed by atoms with Crippen molar-refractivity contribution in [3.05, 3.63) is 53.1 Å². The molecule has 0 radical (unpaired) electrons. The van der Waals surface area contributed by atoms with Crippen LogP contribution in [0.15, 0.2) is 36.5 Å². The van der Waals surface area contributed by atoms with Crippen LogP contribution in [-0.4, -0.2) is 17.7 Å². The topological polar surface area (TPSA) is 31.4 Å². The molecule has 5 heteroatoms. The Bertz CT molecular complexity index is 588. The van der Waals surface area contributed by atoms with Crippen molar-refractivity contribution < 1.29 is 13.9 Å². The van der Waals surface area contributed by atoms with Crippen LogP contribution >= 0.6 is 11.6 Å². The molecule has 1 unspecified atom stereocenters. The van der Waals surface area contributed by atoms with Crippen LogP contribution in [0.4, 0.5) is 4.39 Å². The van der Waals surface area contributed by atoms with Gasteiger partial charge in [0.2, 0.25) is 0 Å². The van der Waals surface area contributed by atoms with E-state index in [9.17, 15) is 4.39 Å². The van der Waals surface area contributed by atoms with Crippen LogP contribution in [0.5, 0.6) is 11.5 Å². The summed E-state index contributed by atoms with van der Waals surface area (Å²) in [6.45, 7) is 0.389. The highest BCUT2D eigenvalue weighted by atomic mass is 35.5. The third kappa shape index (κ3) is 2.79. The minimum Gasteiger partial charge on any atom is -0.488 e. The van der Waals surface area contributed by atoms with E-state index < -0.39 is 0 Å². The largest absolute Gasteiger partial charge is 0.488 e. The van der Waals surface area contributed by atoms with E-state index in [1.165, 1.54) is 12.1 Å². The van der Waals surface area contributed by atoms with E-state index in [-0.39, 0.29) is 11.9 Å². The van der Waals surface area contributed by atoms with Gasteiger partial charge in [-0.2, -0.15) is 0 Å². The standard InChI is InChI=1S/C14H11ClFNO2/c15-14-4-2-11(7-17-14)18-8-12-6-9-5-10(16)1-3-13(9)19-12/h1-5,7,12H,6,8H2. The maximum absolute atomic E-state index is 13.1. The van der Waals surface area contributed by atoms with Gasteiger partial charge in [-0.15, -0.1) is 0 Å². The van der Waals surface area contributed by atoms with Crippen LogP contribution in [0.3, 0.4) is 0 Å². The Labute approximate surface area is 114 Å². The molecule has 0 bridgehead atoms. The predicted molar refractivity (Wildman–Crippen MR) is 69.3 cm³/mol. The highest BCUT2D eigenvalue weighted by Gasteiger charge is 2.23. The number of aromatic nitrogens is 1. The fraction of sp³-hybridized carbons (Fsp3) is 0.214. The number of benzene rings is 1. The molecule has 98 valence electrons. The van der Waals surface area contributed by atoms with Crippen molar-refractivity contribution in [1.82, 2.24) is 4.98 Å². The molecule has 0 saturated heterocycles. The molecule has 0 fully saturated rings. The van der Waals surface area contributed by atoms with Crippen molar-refractivity contribution >= 4 is 11.6 Å². The van der Waals surface area contributed by atoms with Gasteiger partial charge in [0.1, 0.15) is 35.2 Å². The molecule has 2 aromatic rings. The van der Waals surface area contributed by atoms with Crippen LogP contribution < -0.4 is 9.47 Å². The van der Waals surface area contributed by atoms with Crippen molar-refractivity contribution in [2.45, 2.75) is 12.5 Å². The molecule has 0 aliphatic carbocycles. The molecule has 3 nitrogen and oxygen atoms in total. The van der Waals surface area contributed by atoms with E-state index in [1.54, 1.807) is 24.4 Å². The minimum absolute atomic E-state index is 0.104. The molecule has 3 rings (SSSR count). The zero-order valence-electron chi connectivity index (χ0n) is 9.98. The first-order valence-electron chi connectivity index (χ1n) is 5.90. The van der Waals surface area contributed by atoms with Gasteiger partial charge in [-0.1, -0.05) is 11.6 Å². The Morgan fingerprint density at radius 1 is 1.37 bits per heavy atom. The monoisotopic (exact) mass is 279 g/mol. The lowest BCUT2D eigenvalue weighted by atomic mass is 10.1. The lowest BCUT2D eigenvalue weighted by Crippen LogP contribution is -2.22. The summed E-state index contributed by atoms with van der Waals surface area (Å²) in [6, 6.07) is 7.95. The van der Waals surface area contributed by atoms with Crippen LogP contribution in [0.25, 0.3) is 0 Å². The highest BCUT2D eigenvalue weighted by molar-refractivity contribution is 6.29. The van der Waals surface area contributed by atoms with Crippen molar-refractivity contribution in [2.75, 3.05) is 6.61 Å². The number of rotatable bonds is 3. The summed E-state index contributed by atoms with van der Waals surface area (Å²) in [6.07, 6.45) is 2.10. The summed E-state index contributed by atoms with van der Waals surface area (Å²) in [5.41, 5.74) is 0.878. The average Bonchev–Trinajstić information content (AvgIpc) is 2.80. The number of pyridine rings is 1. The quantitative estimate of drug-likeness (QED) is 0.808. The molecule has 19 heavy (non-hydrogen) atoms. The molecule has 1 aromatic carbocycles. The maximum atomic E-state index is 13.1. The van der Waals surface area contributed by atoms with Gasteiger partial charge in [-0.25, -0.2) is 9.37 Å². The summed E-state index contributed by atoms with van der Waals surface area (Å²) in [5.74, 6) is 1.12. The molecule has 0 amide bonds. The van der Waals surface area contributed by atoms with E-state index in [1.807, 2.05) is 0 Å². The molecule has 1 atom stereocenters. The fourth-order valence-electron chi connectivity index (χ4n) is 2.02. The van der Waals surface area contributed by atoms with Crippen molar-refractivity contribution in [1.29, 1.82) is 0 Å². The number of ether oxygens (including phenoxy) is 2. The molecule has 2 heterocycles. The summed E-state index contributed by atoms with van der Waals surface area (Å²) >= 11 is 5.69. The smallest absolute Gasteiger partial charge is 0.137 e. The first kappa shape index (κ1) is 12.2. The van der Waals surface area contributed by atoms with Crippen LogP contribution in [0.1, 0.15) is 5.56 Å². The molecular formula is C14H11ClFNO2. The summed E-state index contributed by atoms with van der Waals surface area (Å²) < 4.78 is 24.3.